The van der Waals surface area contributed by atoms with Gasteiger partial charge in [-0.15, -0.1) is 6.58 Å². The zero-order chi connectivity index (χ0) is 9.33. The number of methoxy groups -OCH3 is 1. The molecule has 0 N–H and O–H groups in total. The average Bonchev–Trinajstić information content (AvgIpc) is 1.84. The normalized spacial score (nSPS) is 9.91. The van der Waals surface area contributed by atoms with Gasteiger partial charge in [0.05, 0.1) is 27.7 Å². The van der Waals surface area contributed by atoms with Crippen LogP contribution in [0, 0.1) is 0 Å². The maximum Gasteiger partial charge on any atom is 0.102 e. The van der Waals surface area contributed by atoms with Crippen LogP contribution in [0.15, 0.2) is 12.7 Å². The van der Waals surface area contributed by atoms with Crippen LogP contribution in [0.5, 0.6) is 0 Å². The van der Waals surface area contributed by atoms with Crippen LogP contribution in [0.1, 0.15) is 6.92 Å². The van der Waals surface area contributed by atoms with E-state index in [-0.39, 0.29) is 0 Å². The highest BCUT2D eigenvalue weighted by Gasteiger charge is 2.03. The number of allylic oxidation sites excluding steroid dienone is 1. The average molecular weight is 160 g/mol. The minimum absolute atomic E-state index is 0.851. The standard InChI is InChI=1S/C6H16NO.C3H6/c1-7(2,3)5-6-8-4;1-3-2/h5-6H2,1-4H3;3H,1H2,2H3/q+1;. The molecule has 0 rings (SSSR count). The molecule has 0 aromatic rings. The summed E-state index contributed by atoms with van der Waals surface area (Å²) >= 11 is 0. The van der Waals surface area contributed by atoms with E-state index in [0.29, 0.717) is 0 Å². The number of rotatable bonds is 3. The van der Waals surface area contributed by atoms with Crippen molar-refractivity contribution in [2.75, 3.05) is 41.4 Å². The molecule has 2 nitrogen and oxygen atoms in total. The van der Waals surface area contributed by atoms with E-state index in [1.54, 1.807) is 13.2 Å². The molecular weight excluding hydrogens is 138 g/mol. The lowest BCUT2D eigenvalue weighted by molar-refractivity contribution is -0.870. The molecule has 0 aromatic heterocycles. The Morgan fingerprint density at radius 3 is 1.82 bits per heavy atom. The van der Waals surface area contributed by atoms with Gasteiger partial charge in [-0.3, -0.25) is 0 Å². The van der Waals surface area contributed by atoms with Gasteiger partial charge < -0.3 is 9.22 Å². The fourth-order valence-electron chi connectivity index (χ4n) is 0.365. The first kappa shape index (κ1) is 13.3. The topological polar surface area (TPSA) is 9.23 Å². The molecular formula is C9H22NO+. The van der Waals surface area contributed by atoms with Crippen molar-refractivity contribution in [2.24, 2.45) is 0 Å². The second kappa shape index (κ2) is 7.76. The Kier molecular flexibility index (Phi) is 9.36. The maximum absolute atomic E-state index is 4.90. The van der Waals surface area contributed by atoms with Gasteiger partial charge in [-0.2, -0.15) is 0 Å². The molecule has 0 aliphatic heterocycles. The molecule has 0 atom stereocenters. The first-order chi connectivity index (χ1) is 4.97. The van der Waals surface area contributed by atoms with E-state index in [4.69, 9.17) is 4.74 Å². The SMILES string of the molecule is C=CC.COCC[N+](C)(C)C. The molecule has 0 saturated heterocycles. The first-order valence-electron chi connectivity index (χ1n) is 3.84. The zero-order valence-electron chi connectivity index (χ0n) is 8.55. The summed E-state index contributed by atoms with van der Waals surface area (Å²) in [5, 5.41) is 0. The smallest absolute Gasteiger partial charge is 0.102 e. The van der Waals surface area contributed by atoms with Gasteiger partial charge >= 0.3 is 0 Å². The van der Waals surface area contributed by atoms with Crippen LogP contribution in [-0.2, 0) is 4.74 Å². The van der Waals surface area contributed by atoms with Crippen LogP contribution < -0.4 is 0 Å². The Bertz CT molecular complexity index is 84.1. The predicted molar refractivity (Wildman–Crippen MR) is 50.6 cm³/mol. The van der Waals surface area contributed by atoms with E-state index >= 15 is 0 Å². The van der Waals surface area contributed by atoms with Crippen molar-refractivity contribution >= 4 is 0 Å². The molecule has 0 amide bonds. The van der Waals surface area contributed by atoms with Crippen LogP contribution in [0.4, 0.5) is 0 Å². The van der Waals surface area contributed by atoms with Crippen molar-refractivity contribution in [3.8, 4) is 0 Å². The first-order valence-corrected chi connectivity index (χ1v) is 3.84. The van der Waals surface area contributed by atoms with Crippen LogP contribution in [0.2, 0.25) is 0 Å². The van der Waals surface area contributed by atoms with Gasteiger partial charge in [0, 0.05) is 7.11 Å². The Labute approximate surface area is 71.1 Å². The summed E-state index contributed by atoms with van der Waals surface area (Å²) < 4.78 is 5.88. The summed E-state index contributed by atoms with van der Waals surface area (Å²) in [6, 6.07) is 0. The fraction of sp³-hybridized carbons (Fsp3) is 0.778. The zero-order valence-corrected chi connectivity index (χ0v) is 8.55. The lowest BCUT2D eigenvalue weighted by Crippen LogP contribution is -2.37. The van der Waals surface area contributed by atoms with E-state index in [9.17, 15) is 0 Å². The van der Waals surface area contributed by atoms with E-state index in [0.717, 1.165) is 17.6 Å². The molecule has 0 unspecified atom stereocenters. The van der Waals surface area contributed by atoms with Crippen molar-refractivity contribution < 1.29 is 9.22 Å². The second-order valence-corrected chi connectivity index (χ2v) is 3.41. The van der Waals surface area contributed by atoms with Gasteiger partial charge in [0.1, 0.15) is 6.54 Å². The summed E-state index contributed by atoms with van der Waals surface area (Å²) in [4.78, 5) is 0. The van der Waals surface area contributed by atoms with Gasteiger partial charge in [0.15, 0.2) is 0 Å². The number of likely N-dealkylation sites (N-methyl/N-ethyl adjacent to an activating group) is 1. The van der Waals surface area contributed by atoms with Gasteiger partial charge in [0.25, 0.3) is 0 Å². The summed E-state index contributed by atoms with van der Waals surface area (Å²) in [6.45, 7) is 7.18. The van der Waals surface area contributed by atoms with Gasteiger partial charge in [-0.1, -0.05) is 6.08 Å². The summed E-state index contributed by atoms with van der Waals surface area (Å²) in [5.74, 6) is 0. The predicted octanol–water partition coefficient (Wildman–Crippen LogP) is 1.53. The molecule has 0 aromatic carbocycles. The minimum atomic E-state index is 0.851. The molecule has 11 heavy (non-hydrogen) atoms. The van der Waals surface area contributed by atoms with Crippen LogP contribution in [-0.4, -0.2) is 45.9 Å². The van der Waals surface area contributed by atoms with Crippen molar-refractivity contribution in [1.29, 1.82) is 0 Å². The van der Waals surface area contributed by atoms with Crippen molar-refractivity contribution in [3.63, 3.8) is 0 Å². The highest BCUT2D eigenvalue weighted by Crippen LogP contribution is 1.87. The van der Waals surface area contributed by atoms with Crippen molar-refractivity contribution in [3.05, 3.63) is 12.7 Å². The molecule has 68 valence electrons. The molecule has 0 bridgehead atoms. The third-order valence-corrected chi connectivity index (χ3v) is 0.966. The molecule has 0 aliphatic rings. The molecule has 0 spiro atoms. The van der Waals surface area contributed by atoms with Gasteiger partial charge in [-0.25, -0.2) is 0 Å². The van der Waals surface area contributed by atoms with Crippen LogP contribution in [0.3, 0.4) is 0 Å². The molecule has 0 aliphatic carbocycles. The molecule has 2 heteroatoms. The number of ether oxygens (including phenoxy) is 1. The molecule has 0 heterocycles. The third-order valence-electron chi connectivity index (χ3n) is 0.966. The highest BCUT2D eigenvalue weighted by atomic mass is 16.5. The largest absolute Gasteiger partial charge is 0.379 e. The fourth-order valence-corrected chi connectivity index (χ4v) is 0.365. The Morgan fingerprint density at radius 2 is 1.73 bits per heavy atom. The second-order valence-electron chi connectivity index (χ2n) is 3.41. The lowest BCUT2D eigenvalue weighted by Gasteiger charge is -2.22. The third kappa shape index (κ3) is 26.1. The monoisotopic (exact) mass is 160 g/mol. The number of quaternary nitrogens is 1. The van der Waals surface area contributed by atoms with E-state index in [1.807, 2.05) is 6.92 Å². The Morgan fingerprint density at radius 1 is 1.36 bits per heavy atom. The maximum atomic E-state index is 4.90. The van der Waals surface area contributed by atoms with E-state index < -0.39 is 0 Å². The number of hydrogen-bond acceptors (Lipinski definition) is 1. The summed E-state index contributed by atoms with van der Waals surface area (Å²) in [5.41, 5.74) is 0. The summed E-state index contributed by atoms with van der Waals surface area (Å²) in [7, 11) is 8.19. The highest BCUT2D eigenvalue weighted by molar-refractivity contribution is 4.51. The van der Waals surface area contributed by atoms with Gasteiger partial charge in [0.2, 0.25) is 0 Å². The van der Waals surface area contributed by atoms with Crippen molar-refractivity contribution in [2.45, 2.75) is 6.92 Å². The lowest BCUT2D eigenvalue weighted by atomic mass is 10.5. The molecule has 0 saturated carbocycles. The van der Waals surface area contributed by atoms with E-state index in [1.165, 1.54) is 0 Å². The summed E-state index contributed by atoms with van der Waals surface area (Å²) in [6.07, 6.45) is 1.75. The van der Waals surface area contributed by atoms with Crippen LogP contribution >= 0.6 is 0 Å². The van der Waals surface area contributed by atoms with Crippen molar-refractivity contribution in [1.82, 2.24) is 0 Å². The molecule has 0 radical (unpaired) electrons. The Balaban J connectivity index is 0. The molecule has 0 fully saturated rings. The minimum Gasteiger partial charge on any atom is -0.379 e. The quantitative estimate of drug-likeness (QED) is 0.449. The Hall–Kier alpha value is -0.340. The van der Waals surface area contributed by atoms with Crippen LogP contribution in [0.25, 0.3) is 0 Å². The number of nitrogens with zero attached hydrogens (tertiary/aromatic N) is 1. The van der Waals surface area contributed by atoms with Gasteiger partial charge in [-0.05, 0) is 6.92 Å². The number of hydrogen-bond donors (Lipinski definition) is 0. The van der Waals surface area contributed by atoms with E-state index in [2.05, 4.69) is 27.7 Å².